The minimum Gasteiger partial charge on any atom is -0.453 e. The number of hydrogen-bond acceptors (Lipinski definition) is 2. The summed E-state index contributed by atoms with van der Waals surface area (Å²) in [4.78, 5) is 2.56. The van der Waals surface area contributed by atoms with Crippen molar-refractivity contribution in [1.82, 2.24) is 0 Å². The van der Waals surface area contributed by atoms with Crippen LogP contribution in [0.3, 0.4) is 0 Å². The number of rotatable bonds is 6. The Morgan fingerprint density at radius 2 is 1.16 bits per heavy atom. The number of benzene rings is 9. The van der Waals surface area contributed by atoms with E-state index in [1.807, 2.05) is 0 Å². The van der Waals surface area contributed by atoms with Gasteiger partial charge in [0.1, 0.15) is 5.58 Å². The lowest BCUT2D eigenvalue weighted by atomic mass is 9.82. The summed E-state index contributed by atoms with van der Waals surface area (Å²) in [6.45, 7) is 4.74. The van der Waals surface area contributed by atoms with E-state index >= 15 is 0 Å². The molecule has 1 unspecified atom stereocenters. The molecule has 1 atom stereocenters. The van der Waals surface area contributed by atoms with Crippen LogP contribution in [-0.4, -0.2) is 6.04 Å². The van der Waals surface area contributed by atoms with Gasteiger partial charge in [0.2, 0.25) is 0 Å². The molecule has 1 heterocycles. The first-order valence-corrected chi connectivity index (χ1v) is 21.4. The molecule has 0 saturated heterocycles. The highest BCUT2D eigenvalue weighted by atomic mass is 16.3. The van der Waals surface area contributed by atoms with Gasteiger partial charge in [-0.3, -0.25) is 0 Å². The molecule has 0 aliphatic heterocycles. The van der Waals surface area contributed by atoms with Crippen molar-refractivity contribution >= 4 is 60.4 Å². The van der Waals surface area contributed by atoms with Gasteiger partial charge in [-0.2, -0.15) is 0 Å². The molecule has 0 saturated carbocycles. The molecule has 0 fully saturated rings. The summed E-state index contributed by atoms with van der Waals surface area (Å²) in [5.74, 6) is 0. The number of nitrogens with zero attached hydrogens (tertiary/aromatic N) is 1. The van der Waals surface area contributed by atoms with Crippen LogP contribution >= 0.6 is 0 Å². The molecule has 9 aromatic carbocycles. The zero-order valence-electron chi connectivity index (χ0n) is 34.3. The van der Waals surface area contributed by atoms with E-state index in [0.29, 0.717) is 0 Å². The van der Waals surface area contributed by atoms with Crippen LogP contribution in [0.25, 0.3) is 82.4 Å². The lowest BCUT2D eigenvalue weighted by Crippen LogP contribution is -2.30. The summed E-state index contributed by atoms with van der Waals surface area (Å²) >= 11 is 0. The first-order valence-electron chi connectivity index (χ1n) is 21.4. The summed E-state index contributed by atoms with van der Waals surface area (Å²) in [6, 6.07) is 68.9. The molecule has 61 heavy (non-hydrogen) atoms. The van der Waals surface area contributed by atoms with Gasteiger partial charge in [-0.15, -0.1) is 0 Å². The quantitative estimate of drug-likeness (QED) is 0.167. The Morgan fingerprint density at radius 3 is 1.97 bits per heavy atom. The number of fused-ring (bicyclic) bond motifs is 9. The molecule has 0 spiro atoms. The minimum absolute atomic E-state index is 0.0253. The van der Waals surface area contributed by atoms with Crippen LogP contribution < -0.4 is 4.90 Å². The average molecular weight is 782 g/mol. The van der Waals surface area contributed by atoms with Crippen molar-refractivity contribution in [2.75, 3.05) is 4.90 Å². The predicted molar refractivity (Wildman–Crippen MR) is 258 cm³/mol. The monoisotopic (exact) mass is 781 g/mol. The third kappa shape index (κ3) is 5.70. The molecule has 0 bridgehead atoms. The predicted octanol–water partition coefficient (Wildman–Crippen LogP) is 16.1. The second-order valence-corrected chi connectivity index (χ2v) is 17.2. The van der Waals surface area contributed by atoms with Crippen molar-refractivity contribution < 1.29 is 4.42 Å². The van der Waals surface area contributed by atoms with Crippen molar-refractivity contribution in [3.05, 3.63) is 223 Å². The summed E-state index contributed by atoms with van der Waals surface area (Å²) in [6.07, 6.45) is 7.95. The maximum Gasteiger partial charge on any atom is 0.159 e. The van der Waals surface area contributed by atoms with Gasteiger partial charge in [0.05, 0.1) is 11.7 Å². The van der Waals surface area contributed by atoms with Crippen LogP contribution in [0.5, 0.6) is 0 Å². The smallest absolute Gasteiger partial charge is 0.159 e. The molecule has 1 aromatic heterocycles. The second kappa shape index (κ2) is 13.8. The van der Waals surface area contributed by atoms with Crippen LogP contribution in [0.2, 0.25) is 0 Å². The van der Waals surface area contributed by atoms with Crippen LogP contribution in [0.1, 0.15) is 37.0 Å². The van der Waals surface area contributed by atoms with Crippen LogP contribution in [0.4, 0.5) is 11.4 Å². The van der Waals surface area contributed by atoms with E-state index in [9.17, 15) is 0 Å². The molecular formula is C59H43NO. The van der Waals surface area contributed by atoms with E-state index in [4.69, 9.17) is 4.42 Å². The molecule has 2 aliphatic rings. The Labute approximate surface area is 356 Å². The lowest BCUT2D eigenvalue weighted by Gasteiger charge is -2.34. The van der Waals surface area contributed by atoms with Crippen molar-refractivity contribution in [3.8, 4) is 33.4 Å². The van der Waals surface area contributed by atoms with E-state index in [0.717, 1.165) is 50.7 Å². The standard InChI is InChI=1S/C59H43NO/c1-59(2)54-24-14-13-22-48(54)49-32-31-46(36-55(49)59)60(45-29-27-40(28-30-45)38-15-5-3-6-16-38)56-35-44(43-26-25-39-17-9-10-20-42(39)33-43)34-52-53-37-51(41-18-7-4-8-19-41)47-21-11-12-23-50(47)57(53)61-58(52)56/h3-29,31-37,45H,30H2,1-2H3. The van der Waals surface area contributed by atoms with Crippen LogP contribution in [0.15, 0.2) is 211 Å². The largest absolute Gasteiger partial charge is 0.453 e. The van der Waals surface area contributed by atoms with Crippen molar-refractivity contribution in [1.29, 1.82) is 0 Å². The minimum atomic E-state index is -0.148. The van der Waals surface area contributed by atoms with Gasteiger partial charge < -0.3 is 9.32 Å². The normalized spacial score (nSPS) is 15.3. The topological polar surface area (TPSA) is 16.4 Å². The van der Waals surface area contributed by atoms with E-state index in [2.05, 4.69) is 225 Å². The van der Waals surface area contributed by atoms with E-state index in [1.165, 1.54) is 66.2 Å². The first-order chi connectivity index (χ1) is 30.0. The van der Waals surface area contributed by atoms with Gasteiger partial charge >= 0.3 is 0 Å². The zero-order valence-corrected chi connectivity index (χ0v) is 34.3. The van der Waals surface area contributed by atoms with Crippen LogP contribution in [0, 0.1) is 0 Å². The number of furan rings is 1. The highest BCUT2D eigenvalue weighted by molar-refractivity contribution is 6.21. The summed E-state index contributed by atoms with van der Waals surface area (Å²) < 4.78 is 7.34. The van der Waals surface area contributed by atoms with E-state index in [1.54, 1.807) is 0 Å². The molecule has 290 valence electrons. The Balaban J connectivity index is 1.14. The van der Waals surface area contributed by atoms with E-state index in [-0.39, 0.29) is 11.5 Å². The van der Waals surface area contributed by atoms with Gasteiger partial charge in [-0.1, -0.05) is 184 Å². The fourth-order valence-electron chi connectivity index (χ4n) is 10.2. The highest BCUT2D eigenvalue weighted by Gasteiger charge is 2.36. The summed E-state index contributed by atoms with van der Waals surface area (Å²) in [5, 5.41) is 6.98. The van der Waals surface area contributed by atoms with E-state index < -0.39 is 0 Å². The second-order valence-electron chi connectivity index (χ2n) is 17.2. The van der Waals surface area contributed by atoms with Crippen molar-refractivity contribution in [3.63, 3.8) is 0 Å². The van der Waals surface area contributed by atoms with Gasteiger partial charge in [-0.05, 0) is 115 Å². The van der Waals surface area contributed by atoms with Crippen LogP contribution in [-0.2, 0) is 5.41 Å². The molecule has 0 N–H and O–H groups in total. The molecule has 2 nitrogen and oxygen atoms in total. The first kappa shape index (κ1) is 35.5. The van der Waals surface area contributed by atoms with Crippen molar-refractivity contribution in [2.24, 2.45) is 0 Å². The zero-order chi connectivity index (χ0) is 40.7. The maximum atomic E-state index is 7.34. The van der Waals surface area contributed by atoms with Gasteiger partial charge in [0.15, 0.2) is 5.58 Å². The summed E-state index contributed by atoms with van der Waals surface area (Å²) in [7, 11) is 0. The number of anilines is 2. The SMILES string of the molecule is CC1(C)c2ccccc2-c2ccc(N(c3cc(-c4ccc5ccccc5c4)cc4c3oc3c5ccccc5c(-c5ccccc5)cc43)C3C=CC(c4ccccc4)=CC3)cc21. The highest BCUT2D eigenvalue weighted by Crippen LogP contribution is 2.52. The Hall–Kier alpha value is -7.42. The number of allylic oxidation sites excluding steroid dienone is 2. The van der Waals surface area contributed by atoms with Gasteiger partial charge in [-0.25, -0.2) is 0 Å². The third-order valence-electron chi connectivity index (χ3n) is 13.3. The van der Waals surface area contributed by atoms with Crippen molar-refractivity contribution in [2.45, 2.75) is 31.7 Å². The molecule has 2 heteroatoms. The molecule has 12 rings (SSSR count). The molecule has 2 aliphatic carbocycles. The third-order valence-corrected chi connectivity index (χ3v) is 13.3. The Kier molecular flexibility index (Phi) is 8.05. The lowest BCUT2D eigenvalue weighted by molar-refractivity contribution is 0.658. The molecule has 10 aromatic rings. The fraction of sp³-hybridized carbons (Fsp3) is 0.0847. The Morgan fingerprint density at radius 1 is 0.475 bits per heavy atom. The Bertz CT molecular complexity index is 3420. The average Bonchev–Trinajstić information content (AvgIpc) is 3.81. The number of hydrogen-bond donors (Lipinski definition) is 0. The van der Waals surface area contributed by atoms with Gasteiger partial charge in [0, 0.05) is 27.3 Å². The fourth-order valence-corrected chi connectivity index (χ4v) is 10.2. The maximum absolute atomic E-state index is 7.34. The van der Waals surface area contributed by atoms with Gasteiger partial charge in [0.25, 0.3) is 0 Å². The molecular weight excluding hydrogens is 739 g/mol. The molecule has 0 radical (unpaired) electrons. The molecule has 0 amide bonds. The summed E-state index contributed by atoms with van der Waals surface area (Å²) in [5.41, 5.74) is 16.4.